The van der Waals surface area contributed by atoms with Gasteiger partial charge in [0.15, 0.2) is 0 Å². The summed E-state index contributed by atoms with van der Waals surface area (Å²) < 4.78 is 1.98. The van der Waals surface area contributed by atoms with Gasteiger partial charge in [-0.25, -0.2) is 0 Å². The van der Waals surface area contributed by atoms with E-state index in [1.165, 1.54) is 0 Å². The molecule has 0 spiro atoms. The molecule has 3 atom stereocenters. The summed E-state index contributed by atoms with van der Waals surface area (Å²) >= 11 is 0. The number of aromatic nitrogens is 1. The van der Waals surface area contributed by atoms with Crippen LogP contribution in [0.15, 0.2) is 18.3 Å². The van der Waals surface area contributed by atoms with Crippen LogP contribution in [0.1, 0.15) is 30.3 Å². The van der Waals surface area contributed by atoms with Crippen molar-refractivity contribution in [2.24, 2.45) is 11.8 Å². The van der Waals surface area contributed by atoms with Gasteiger partial charge in [-0.15, -0.1) is 0 Å². The Morgan fingerprint density at radius 3 is 3.00 bits per heavy atom. The molecule has 1 N–H and O–H groups in total. The Bertz CT molecular complexity index is 454. The first-order valence-electron chi connectivity index (χ1n) is 6.83. The molecule has 2 aliphatic rings. The molecule has 3 unspecified atom stereocenters. The third-order valence-electron chi connectivity index (χ3n) is 4.50. The van der Waals surface area contributed by atoms with Crippen LogP contribution in [-0.2, 0) is 6.54 Å². The molecule has 0 radical (unpaired) electrons. The molecule has 3 rings (SSSR count). The topological polar surface area (TPSA) is 45.5 Å². The molecular weight excluding hydrogens is 228 g/mol. The molecule has 1 aromatic heterocycles. The van der Waals surface area contributed by atoms with Gasteiger partial charge in [0.1, 0.15) is 5.69 Å². The number of aliphatic hydroxyl groups is 1. The highest BCUT2D eigenvalue weighted by molar-refractivity contribution is 5.93. The van der Waals surface area contributed by atoms with E-state index in [1.54, 1.807) is 0 Å². The minimum absolute atomic E-state index is 0.114. The van der Waals surface area contributed by atoms with E-state index in [2.05, 4.69) is 0 Å². The Morgan fingerprint density at radius 1 is 1.44 bits per heavy atom. The molecule has 1 aliphatic carbocycles. The molecule has 1 saturated carbocycles. The normalized spacial score (nSPS) is 30.8. The van der Waals surface area contributed by atoms with Gasteiger partial charge in [-0.2, -0.15) is 0 Å². The molecule has 1 aliphatic heterocycles. The van der Waals surface area contributed by atoms with Crippen molar-refractivity contribution < 1.29 is 9.90 Å². The highest BCUT2D eigenvalue weighted by Crippen LogP contribution is 2.38. The van der Waals surface area contributed by atoms with Crippen molar-refractivity contribution in [3.8, 4) is 0 Å². The van der Waals surface area contributed by atoms with Crippen molar-refractivity contribution >= 4 is 5.91 Å². The van der Waals surface area contributed by atoms with Crippen LogP contribution in [0.4, 0.5) is 0 Å². The highest BCUT2D eigenvalue weighted by Gasteiger charge is 2.43. The van der Waals surface area contributed by atoms with Crippen LogP contribution >= 0.6 is 0 Å². The maximum absolute atomic E-state index is 12.4. The van der Waals surface area contributed by atoms with E-state index in [1.807, 2.05) is 34.7 Å². The predicted octanol–water partition coefficient (Wildman–Crippen LogP) is 1.35. The van der Waals surface area contributed by atoms with Crippen LogP contribution in [0.3, 0.4) is 0 Å². The maximum atomic E-state index is 12.4. The molecular formula is C14H20N2O2. The van der Waals surface area contributed by atoms with Crippen LogP contribution in [0.25, 0.3) is 0 Å². The number of hydrogen-bond acceptors (Lipinski definition) is 2. The van der Waals surface area contributed by atoms with Crippen molar-refractivity contribution in [3.05, 3.63) is 24.0 Å². The Balaban J connectivity index is 1.75. The number of amides is 1. The van der Waals surface area contributed by atoms with Crippen LogP contribution < -0.4 is 0 Å². The van der Waals surface area contributed by atoms with Crippen molar-refractivity contribution in [1.29, 1.82) is 0 Å². The van der Waals surface area contributed by atoms with Gasteiger partial charge in [-0.3, -0.25) is 4.79 Å². The Morgan fingerprint density at radius 2 is 2.28 bits per heavy atom. The standard InChI is InChI=1S/C14H20N2O2/c1-2-15-7-3-4-12(15)14(18)16-8-10-5-6-13(17)11(10)9-16/h3-4,7,10-11,13,17H,2,5-6,8-9H2,1H3. The fourth-order valence-corrected chi connectivity index (χ4v) is 3.45. The van der Waals surface area contributed by atoms with E-state index in [0.29, 0.717) is 11.8 Å². The number of fused-ring (bicyclic) bond motifs is 1. The van der Waals surface area contributed by atoms with Gasteiger partial charge in [0, 0.05) is 31.7 Å². The quantitative estimate of drug-likeness (QED) is 0.858. The van der Waals surface area contributed by atoms with E-state index >= 15 is 0 Å². The van der Waals surface area contributed by atoms with Gasteiger partial charge in [-0.1, -0.05) is 0 Å². The molecule has 18 heavy (non-hydrogen) atoms. The summed E-state index contributed by atoms with van der Waals surface area (Å²) in [6, 6.07) is 3.80. The lowest BCUT2D eigenvalue weighted by molar-refractivity contribution is 0.0742. The van der Waals surface area contributed by atoms with Crippen LogP contribution in [-0.4, -0.2) is 39.7 Å². The third kappa shape index (κ3) is 1.75. The number of carbonyl (C=O) groups excluding carboxylic acids is 1. The number of likely N-dealkylation sites (tertiary alicyclic amines) is 1. The third-order valence-corrected chi connectivity index (χ3v) is 4.50. The largest absolute Gasteiger partial charge is 0.393 e. The molecule has 0 bridgehead atoms. The molecule has 4 nitrogen and oxygen atoms in total. The minimum atomic E-state index is -0.203. The monoisotopic (exact) mass is 248 g/mol. The second kappa shape index (κ2) is 4.43. The number of rotatable bonds is 2. The maximum Gasteiger partial charge on any atom is 0.270 e. The summed E-state index contributed by atoms with van der Waals surface area (Å²) in [5, 5.41) is 9.89. The van der Waals surface area contributed by atoms with Crippen molar-refractivity contribution in [2.75, 3.05) is 13.1 Å². The van der Waals surface area contributed by atoms with Crippen LogP contribution in [0, 0.1) is 11.8 Å². The van der Waals surface area contributed by atoms with Crippen molar-refractivity contribution in [1.82, 2.24) is 9.47 Å². The summed E-state index contributed by atoms with van der Waals surface area (Å²) in [6.45, 7) is 4.39. The number of nitrogens with zero attached hydrogens (tertiary/aromatic N) is 2. The minimum Gasteiger partial charge on any atom is -0.393 e. The molecule has 1 saturated heterocycles. The lowest BCUT2D eigenvalue weighted by Crippen LogP contribution is -2.32. The van der Waals surface area contributed by atoms with Gasteiger partial charge in [0.2, 0.25) is 0 Å². The summed E-state index contributed by atoms with van der Waals surface area (Å²) in [7, 11) is 0. The summed E-state index contributed by atoms with van der Waals surface area (Å²) in [5.41, 5.74) is 0.770. The molecule has 2 fully saturated rings. The zero-order valence-corrected chi connectivity index (χ0v) is 10.7. The first kappa shape index (κ1) is 11.8. The molecule has 98 valence electrons. The summed E-state index contributed by atoms with van der Waals surface area (Å²) in [4.78, 5) is 14.4. The van der Waals surface area contributed by atoms with E-state index in [9.17, 15) is 9.90 Å². The summed E-state index contributed by atoms with van der Waals surface area (Å²) in [6.07, 6.45) is 3.71. The lowest BCUT2D eigenvalue weighted by Gasteiger charge is -2.19. The van der Waals surface area contributed by atoms with Crippen molar-refractivity contribution in [2.45, 2.75) is 32.4 Å². The number of aliphatic hydroxyl groups excluding tert-OH is 1. The van der Waals surface area contributed by atoms with E-state index in [4.69, 9.17) is 0 Å². The lowest BCUT2D eigenvalue weighted by atomic mass is 10.00. The van der Waals surface area contributed by atoms with Gasteiger partial charge < -0.3 is 14.6 Å². The average molecular weight is 248 g/mol. The second-order valence-corrected chi connectivity index (χ2v) is 5.46. The van der Waals surface area contributed by atoms with Crippen LogP contribution in [0.5, 0.6) is 0 Å². The predicted molar refractivity (Wildman–Crippen MR) is 68.2 cm³/mol. The molecule has 1 aromatic rings. The number of carbonyl (C=O) groups is 1. The Hall–Kier alpha value is -1.29. The Kier molecular flexibility index (Phi) is 2.90. The van der Waals surface area contributed by atoms with E-state index < -0.39 is 0 Å². The van der Waals surface area contributed by atoms with Gasteiger partial charge in [0.05, 0.1) is 6.10 Å². The fourth-order valence-electron chi connectivity index (χ4n) is 3.45. The first-order valence-corrected chi connectivity index (χ1v) is 6.83. The van der Waals surface area contributed by atoms with Gasteiger partial charge in [-0.05, 0) is 37.8 Å². The first-order chi connectivity index (χ1) is 8.70. The molecule has 2 heterocycles. The fraction of sp³-hybridized carbons (Fsp3) is 0.643. The highest BCUT2D eigenvalue weighted by atomic mass is 16.3. The molecule has 4 heteroatoms. The van der Waals surface area contributed by atoms with Crippen LogP contribution in [0.2, 0.25) is 0 Å². The van der Waals surface area contributed by atoms with Crippen molar-refractivity contribution in [3.63, 3.8) is 0 Å². The average Bonchev–Trinajstić information content (AvgIpc) is 3.05. The van der Waals surface area contributed by atoms with Gasteiger partial charge >= 0.3 is 0 Å². The second-order valence-electron chi connectivity index (χ2n) is 5.46. The number of aryl methyl sites for hydroxylation is 1. The molecule has 1 amide bonds. The Labute approximate surface area is 107 Å². The molecule has 0 aromatic carbocycles. The summed E-state index contributed by atoms with van der Waals surface area (Å²) in [5.74, 6) is 0.927. The zero-order chi connectivity index (χ0) is 12.7. The van der Waals surface area contributed by atoms with E-state index in [0.717, 1.165) is 38.2 Å². The number of hydrogen-bond donors (Lipinski definition) is 1. The van der Waals surface area contributed by atoms with E-state index in [-0.39, 0.29) is 12.0 Å². The SMILES string of the molecule is CCn1cccc1C(=O)N1CC2CCC(O)C2C1. The zero-order valence-electron chi connectivity index (χ0n) is 10.7. The smallest absolute Gasteiger partial charge is 0.270 e. The van der Waals surface area contributed by atoms with Gasteiger partial charge in [0.25, 0.3) is 5.91 Å².